The number of sulfonamides is 1. The molecule has 11 heteroatoms. The molecule has 198 valence electrons. The summed E-state index contributed by atoms with van der Waals surface area (Å²) in [6.07, 6.45) is -0.0472. The Morgan fingerprint density at radius 2 is 1.44 bits per heavy atom. The van der Waals surface area contributed by atoms with Crippen molar-refractivity contribution >= 4 is 50.1 Å². The van der Waals surface area contributed by atoms with E-state index in [0.29, 0.717) is 10.9 Å². The highest BCUT2D eigenvalue weighted by Gasteiger charge is 2.27. The van der Waals surface area contributed by atoms with Gasteiger partial charge in [0.2, 0.25) is 5.78 Å². The van der Waals surface area contributed by atoms with Gasteiger partial charge in [0.25, 0.3) is 21.8 Å². The second-order valence-corrected chi connectivity index (χ2v) is 10.3. The number of amides is 2. The molecular weight excluding hydrogens is 522 g/mol. The monoisotopic (exact) mass is 545 g/mol. The Bertz CT molecular complexity index is 1700. The summed E-state index contributed by atoms with van der Waals surface area (Å²) in [6.45, 7) is 0. The number of carbonyl (C=O) groups excluding carboxylic acids is 3. The van der Waals surface area contributed by atoms with Crippen LogP contribution in [0.15, 0.2) is 95.9 Å². The highest BCUT2D eigenvalue weighted by Crippen LogP contribution is 2.23. The average molecular weight is 546 g/mol. The van der Waals surface area contributed by atoms with Crippen LogP contribution >= 0.6 is 0 Å². The molecule has 5 N–H and O–H groups in total. The van der Waals surface area contributed by atoms with E-state index in [1.807, 2.05) is 12.1 Å². The van der Waals surface area contributed by atoms with Crippen LogP contribution in [0.2, 0.25) is 0 Å². The molecule has 0 spiro atoms. The van der Waals surface area contributed by atoms with Gasteiger partial charge in [-0.25, -0.2) is 13.2 Å². The number of rotatable bonds is 10. The molecule has 0 bridgehead atoms. The van der Waals surface area contributed by atoms with Gasteiger partial charge in [0.15, 0.2) is 0 Å². The summed E-state index contributed by atoms with van der Waals surface area (Å²) in [6, 6.07) is 22.1. The van der Waals surface area contributed by atoms with Crippen LogP contribution in [0.3, 0.4) is 0 Å². The van der Waals surface area contributed by atoms with Gasteiger partial charge in [0, 0.05) is 12.0 Å². The minimum absolute atomic E-state index is 0.0472. The number of primary amides is 1. The third-order valence-electron chi connectivity index (χ3n) is 5.87. The molecule has 0 unspecified atom stereocenters. The van der Waals surface area contributed by atoms with Gasteiger partial charge in [-0.05, 0) is 46.7 Å². The molecule has 0 heterocycles. The fourth-order valence-electron chi connectivity index (χ4n) is 3.96. The van der Waals surface area contributed by atoms with Gasteiger partial charge in [-0.2, -0.15) is 0 Å². The zero-order valence-corrected chi connectivity index (χ0v) is 21.1. The highest BCUT2D eigenvalue weighted by molar-refractivity contribution is 7.92. The predicted octanol–water partition coefficient (Wildman–Crippen LogP) is 2.73. The van der Waals surface area contributed by atoms with E-state index in [1.54, 1.807) is 48.5 Å². The van der Waals surface area contributed by atoms with Gasteiger partial charge in [-0.3, -0.25) is 19.1 Å². The molecule has 0 aliphatic heterocycles. The number of fused-ring (bicyclic) bond motifs is 1. The number of anilines is 1. The number of carboxylic acids is 1. The minimum atomic E-state index is -4.17. The Morgan fingerprint density at radius 1 is 0.795 bits per heavy atom. The van der Waals surface area contributed by atoms with Crippen molar-refractivity contribution in [3.8, 4) is 0 Å². The number of nitrogens with two attached hydrogens (primary N) is 1. The SMILES string of the molecule is NC(=O)C(=O)[C@H](Cc1ccccc1)NC(=O)c1cc(NS(=O)(=O)c2ccc3ccccc3c2)cc(C(=O)O)c1. The summed E-state index contributed by atoms with van der Waals surface area (Å²) >= 11 is 0. The van der Waals surface area contributed by atoms with Gasteiger partial charge in [-0.1, -0.05) is 60.7 Å². The number of carboxylic acid groups (broad SMARTS) is 1. The molecule has 0 radical (unpaired) electrons. The molecule has 0 aliphatic carbocycles. The predicted molar refractivity (Wildman–Crippen MR) is 144 cm³/mol. The molecule has 0 saturated carbocycles. The lowest BCUT2D eigenvalue weighted by Gasteiger charge is -2.17. The fraction of sp³-hybridized carbons (Fsp3) is 0.0714. The number of aromatic carboxylic acids is 1. The van der Waals surface area contributed by atoms with E-state index < -0.39 is 39.6 Å². The first-order valence-corrected chi connectivity index (χ1v) is 13.1. The van der Waals surface area contributed by atoms with Gasteiger partial charge in [0.05, 0.1) is 16.1 Å². The molecular formula is C28H23N3O7S. The second kappa shape index (κ2) is 11.2. The van der Waals surface area contributed by atoms with Crippen LogP contribution in [0, 0.1) is 0 Å². The van der Waals surface area contributed by atoms with Crippen molar-refractivity contribution in [3.05, 3.63) is 108 Å². The molecule has 0 saturated heterocycles. The third kappa shape index (κ3) is 6.46. The lowest BCUT2D eigenvalue weighted by molar-refractivity contribution is -0.137. The van der Waals surface area contributed by atoms with E-state index in [4.69, 9.17) is 5.73 Å². The standard InChI is InChI=1S/C28H23N3O7S/c29-26(33)25(32)24(12-17-6-2-1-3-7-17)30-27(34)20-13-21(28(35)36)15-22(14-20)31-39(37,38)23-11-10-18-8-4-5-9-19(18)16-23/h1-11,13-16,24,31H,12H2,(H2,29,33)(H,30,34)(H,35,36)/t24-/m0/s1. The molecule has 2 amide bonds. The van der Waals surface area contributed by atoms with Gasteiger partial charge in [0.1, 0.15) is 6.04 Å². The quantitative estimate of drug-likeness (QED) is 0.222. The number of ketones is 1. The zero-order valence-electron chi connectivity index (χ0n) is 20.3. The summed E-state index contributed by atoms with van der Waals surface area (Å²) in [7, 11) is -4.17. The first kappa shape index (κ1) is 27.0. The average Bonchev–Trinajstić information content (AvgIpc) is 2.92. The van der Waals surface area contributed by atoms with E-state index in [1.165, 1.54) is 12.1 Å². The van der Waals surface area contributed by atoms with Gasteiger partial charge >= 0.3 is 5.97 Å². The highest BCUT2D eigenvalue weighted by atomic mass is 32.2. The number of hydrogen-bond acceptors (Lipinski definition) is 6. The van der Waals surface area contributed by atoms with E-state index in [2.05, 4.69) is 10.0 Å². The van der Waals surface area contributed by atoms with Crippen molar-refractivity contribution in [2.24, 2.45) is 5.73 Å². The minimum Gasteiger partial charge on any atom is -0.478 e. The van der Waals surface area contributed by atoms with E-state index in [-0.39, 0.29) is 28.1 Å². The fourth-order valence-corrected chi connectivity index (χ4v) is 5.04. The molecule has 39 heavy (non-hydrogen) atoms. The van der Waals surface area contributed by atoms with E-state index in [0.717, 1.165) is 23.6 Å². The summed E-state index contributed by atoms with van der Waals surface area (Å²) in [5.41, 5.74) is 4.99. The number of hydrogen-bond donors (Lipinski definition) is 4. The molecule has 4 rings (SSSR count). The Morgan fingerprint density at radius 3 is 2.10 bits per heavy atom. The first-order valence-electron chi connectivity index (χ1n) is 11.6. The van der Waals surface area contributed by atoms with Gasteiger partial charge < -0.3 is 16.2 Å². The largest absolute Gasteiger partial charge is 0.478 e. The Kier molecular flexibility index (Phi) is 7.73. The molecule has 1 atom stereocenters. The number of nitrogens with one attached hydrogen (secondary N) is 2. The Hall–Kier alpha value is -5.03. The van der Waals surface area contributed by atoms with Crippen molar-refractivity contribution in [2.45, 2.75) is 17.4 Å². The van der Waals surface area contributed by atoms with Crippen LogP contribution in [0.1, 0.15) is 26.3 Å². The summed E-state index contributed by atoms with van der Waals surface area (Å²) in [5, 5.41) is 13.5. The smallest absolute Gasteiger partial charge is 0.335 e. The van der Waals surface area contributed by atoms with Crippen LogP contribution in [0.4, 0.5) is 5.69 Å². The van der Waals surface area contributed by atoms with Crippen molar-refractivity contribution < 1.29 is 32.7 Å². The molecule has 0 fully saturated rings. The van der Waals surface area contributed by atoms with E-state index >= 15 is 0 Å². The van der Waals surface area contributed by atoms with Crippen molar-refractivity contribution in [2.75, 3.05) is 4.72 Å². The van der Waals surface area contributed by atoms with E-state index in [9.17, 15) is 32.7 Å². The number of benzene rings is 4. The molecule has 10 nitrogen and oxygen atoms in total. The third-order valence-corrected chi connectivity index (χ3v) is 7.25. The topological polar surface area (TPSA) is 173 Å². The summed E-state index contributed by atoms with van der Waals surface area (Å²) in [4.78, 5) is 48.8. The van der Waals surface area contributed by atoms with Crippen LogP contribution in [-0.2, 0) is 26.0 Å². The van der Waals surface area contributed by atoms with Crippen LogP contribution in [0.25, 0.3) is 10.8 Å². The van der Waals surface area contributed by atoms with Crippen molar-refractivity contribution in [3.63, 3.8) is 0 Å². The summed E-state index contributed by atoms with van der Waals surface area (Å²) in [5.74, 6) is -4.61. The van der Waals surface area contributed by atoms with Crippen LogP contribution in [-0.4, -0.2) is 43.1 Å². The lowest BCUT2D eigenvalue weighted by atomic mass is 10.0. The molecule has 4 aromatic carbocycles. The molecule has 0 aliphatic rings. The number of Topliss-reactive ketones (excluding diaryl/α,β-unsaturated/α-hetero) is 1. The van der Waals surface area contributed by atoms with Crippen molar-refractivity contribution in [1.82, 2.24) is 5.32 Å². The van der Waals surface area contributed by atoms with Crippen LogP contribution < -0.4 is 15.8 Å². The Balaban J connectivity index is 1.64. The maximum absolute atomic E-state index is 13.1. The maximum atomic E-state index is 13.1. The number of carbonyl (C=O) groups is 4. The zero-order chi connectivity index (χ0) is 28.2. The maximum Gasteiger partial charge on any atom is 0.335 e. The first-order chi connectivity index (χ1) is 18.5. The van der Waals surface area contributed by atoms with Crippen LogP contribution in [0.5, 0.6) is 0 Å². The normalized spacial score (nSPS) is 11.9. The second-order valence-electron chi connectivity index (χ2n) is 8.66. The van der Waals surface area contributed by atoms with Crippen molar-refractivity contribution in [1.29, 1.82) is 0 Å². The molecule has 4 aromatic rings. The van der Waals surface area contributed by atoms with Gasteiger partial charge in [-0.15, -0.1) is 0 Å². The molecule has 0 aromatic heterocycles. The lowest BCUT2D eigenvalue weighted by Crippen LogP contribution is -2.47. The summed E-state index contributed by atoms with van der Waals surface area (Å²) < 4.78 is 28.5. The Labute approximate surface area is 223 Å².